The number of anilines is 1. The number of ether oxygens (including phenoxy) is 1. The molecular weight excluding hydrogens is 496 g/mol. The number of aryl methyl sites for hydroxylation is 1. The maximum Gasteiger partial charge on any atom is 0.318 e. The molecule has 11 heteroatoms. The second-order valence-corrected chi connectivity index (χ2v) is 8.67. The number of aromatic amines is 1. The number of hydrazine groups is 1. The SMILES string of the molecule is COc1ncc2cc(C(=O)Nc3cc(C(=O)N(N)CCCCc4ccccc4)ccc3Cl)c(=O)[nH]c2n1. The van der Waals surface area contributed by atoms with E-state index in [0.717, 1.165) is 24.3 Å². The van der Waals surface area contributed by atoms with Crippen molar-refractivity contribution in [3.63, 3.8) is 0 Å². The molecule has 2 amide bonds. The fourth-order valence-electron chi connectivity index (χ4n) is 3.71. The molecule has 0 saturated heterocycles. The van der Waals surface area contributed by atoms with E-state index in [1.54, 1.807) is 0 Å². The maximum absolute atomic E-state index is 12.9. The van der Waals surface area contributed by atoms with Crippen LogP contribution in [0.5, 0.6) is 6.01 Å². The Balaban J connectivity index is 1.42. The summed E-state index contributed by atoms with van der Waals surface area (Å²) in [5.74, 6) is 4.87. The van der Waals surface area contributed by atoms with E-state index in [4.69, 9.17) is 22.2 Å². The molecule has 0 fully saturated rings. The molecule has 190 valence electrons. The Kier molecular flexibility index (Phi) is 8.11. The number of hydrogen-bond acceptors (Lipinski definition) is 7. The first kappa shape index (κ1) is 25.8. The van der Waals surface area contributed by atoms with Gasteiger partial charge in [0.1, 0.15) is 11.2 Å². The zero-order valence-electron chi connectivity index (χ0n) is 20.0. The Bertz CT molecular complexity index is 1490. The molecule has 37 heavy (non-hydrogen) atoms. The van der Waals surface area contributed by atoms with Crippen molar-refractivity contribution in [2.24, 2.45) is 5.84 Å². The van der Waals surface area contributed by atoms with Crippen LogP contribution in [-0.4, -0.2) is 45.4 Å². The molecule has 2 heterocycles. The van der Waals surface area contributed by atoms with E-state index in [9.17, 15) is 14.4 Å². The van der Waals surface area contributed by atoms with Crippen LogP contribution in [0.1, 0.15) is 39.1 Å². The number of nitrogens with two attached hydrogens (primary N) is 1. The number of pyridine rings is 1. The molecular formula is C26H25ClN6O4. The van der Waals surface area contributed by atoms with Crippen LogP contribution >= 0.6 is 11.6 Å². The number of nitrogens with zero attached hydrogens (tertiary/aromatic N) is 3. The molecule has 0 bridgehead atoms. The fraction of sp³-hybridized carbons (Fsp3) is 0.192. The van der Waals surface area contributed by atoms with Crippen molar-refractivity contribution in [3.8, 4) is 6.01 Å². The number of amides is 2. The normalized spacial score (nSPS) is 10.8. The molecule has 0 aliphatic heterocycles. The summed E-state index contributed by atoms with van der Waals surface area (Å²) < 4.78 is 4.95. The van der Waals surface area contributed by atoms with E-state index < -0.39 is 17.4 Å². The van der Waals surface area contributed by atoms with Gasteiger partial charge in [-0.2, -0.15) is 4.98 Å². The van der Waals surface area contributed by atoms with Crippen LogP contribution in [-0.2, 0) is 6.42 Å². The summed E-state index contributed by atoms with van der Waals surface area (Å²) in [6.45, 7) is 0.370. The number of nitrogens with one attached hydrogen (secondary N) is 2. The average Bonchev–Trinajstić information content (AvgIpc) is 2.91. The molecule has 0 spiro atoms. The number of H-pyrrole nitrogens is 1. The van der Waals surface area contributed by atoms with Crippen molar-refractivity contribution in [1.82, 2.24) is 20.0 Å². The van der Waals surface area contributed by atoms with E-state index >= 15 is 0 Å². The average molecular weight is 521 g/mol. The van der Waals surface area contributed by atoms with Crippen molar-refractivity contribution in [2.75, 3.05) is 19.0 Å². The summed E-state index contributed by atoms with van der Waals surface area (Å²) in [6.07, 6.45) is 3.93. The lowest BCUT2D eigenvalue weighted by Gasteiger charge is -2.17. The van der Waals surface area contributed by atoms with Gasteiger partial charge in [0.15, 0.2) is 0 Å². The molecule has 4 N–H and O–H groups in total. The van der Waals surface area contributed by atoms with Gasteiger partial charge in [0, 0.05) is 23.7 Å². The Morgan fingerprint density at radius 1 is 1.14 bits per heavy atom. The molecule has 0 radical (unpaired) electrons. The predicted octanol–water partition coefficient (Wildman–Crippen LogP) is 3.57. The third-order valence-corrected chi connectivity index (χ3v) is 6.01. The molecule has 10 nitrogen and oxygen atoms in total. The minimum atomic E-state index is -0.712. The minimum absolute atomic E-state index is 0.0822. The van der Waals surface area contributed by atoms with Crippen LogP contribution in [0.25, 0.3) is 11.0 Å². The Hall–Kier alpha value is -4.28. The monoisotopic (exact) mass is 520 g/mol. The summed E-state index contributed by atoms with van der Waals surface area (Å²) in [5, 5.41) is 4.36. The number of carbonyl (C=O) groups excluding carboxylic acids is 2. The highest BCUT2D eigenvalue weighted by molar-refractivity contribution is 6.34. The Labute approximate surface area is 217 Å². The van der Waals surface area contributed by atoms with E-state index in [1.807, 2.05) is 18.2 Å². The minimum Gasteiger partial charge on any atom is -0.467 e. The van der Waals surface area contributed by atoms with Gasteiger partial charge in [0.25, 0.3) is 17.4 Å². The lowest BCUT2D eigenvalue weighted by molar-refractivity contribution is 0.0752. The lowest BCUT2D eigenvalue weighted by atomic mass is 10.1. The standard InChI is InChI=1S/C26H25ClN6O4/c1-37-26-29-15-18-13-19(24(35)31-22(18)32-26)23(34)30-21-14-17(10-11-20(21)27)25(36)33(28)12-6-5-9-16-7-3-2-4-8-16/h2-4,7-8,10-11,13-15H,5-6,9,12,28H2,1H3,(H,30,34)(H,29,31,32,35). The quantitative estimate of drug-likeness (QED) is 0.132. The molecule has 2 aromatic heterocycles. The Morgan fingerprint density at radius 3 is 2.68 bits per heavy atom. The number of unbranched alkanes of at least 4 members (excludes halogenated alkanes) is 1. The second kappa shape index (κ2) is 11.6. The first-order chi connectivity index (χ1) is 17.9. The van der Waals surface area contributed by atoms with Gasteiger partial charge < -0.3 is 15.0 Å². The molecule has 0 aliphatic rings. The first-order valence-electron chi connectivity index (χ1n) is 11.5. The molecule has 2 aromatic carbocycles. The number of aromatic nitrogens is 3. The zero-order chi connectivity index (χ0) is 26.4. The second-order valence-electron chi connectivity index (χ2n) is 8.26. The van der Waals surface area contributed by atoms with Crippen molar-refractivity contribution >= 4 is 40.1 Å². The van der Waals surface area contributed by atoms with Gasteiger partial charge >= 0.3 is 6.01 Å². The fourth-order valence-corrected chi connectivity index (χ4v) is 3.88. The highest BCUT2D eigenvalue weighted by Gasteiger charge is 2.18. The summed E-state index contributed by atoms with van der Waals surface area (Å²) in [7, 11) is 1.40. The van der Waals surface area contributed by atoms with Crippen LogP contribution in [0.2, 0.25) is 5.02 Å². The molecule has 4 aromatic rings. The van der Waals surface area contributed by atoms with E-state index in [1.165, 1.54) is 43.1 Å². The van der Waals surface area contributed by atoms with Crippen molar-refractivity contribution < 1.29 is 14.3 Å². The first-order valence-corrected chi connectivity index (χ1v) is 11.9. The number of methoxy groups -OCH3 is 1. The number of halogens is 1. The highest BCUT2D eigenvalue weighted by Crippen LogP contribution is 2.24. The lowest BCUT2D eigenvalue weighted by Crippen LogP contribution is -2.38. The number of benzene rings is 2. The van der Waals surface area contributed by atoms with Crippen LogP contribution in [0.4, 0.5) is 5.69 Å². The molecule has 0 unspecified atom stereocenters. The Morgan fingerprint density at radius 2 is 1.92 bits per heavy atom. The van der Waals surface area contributed by atoms with Gasteiger partial charge in [-0.05, 0) is 49.1 Å². The molecule has 0 aliphatic carbocycles. The van der Waals surface area contributed by atoms with E-state index in [2.05, 4.69) is 32.4 Å². The molecule has 0 atom stereocenters. The van der Waals surface area contributed by atoms with Crippen molar-refractivity contribution in [2.45, 2.75) is 19.3 Å². The summed E-state index contributed by atoms with van der Waals surface area (Å²) >= 11 is 6.25. The van der Waals surface area contributed by atoms with Crippen molar-refractivity contribution in [3.05, 3.63) is 92.9 Å². The van der Waals surface area contributed by atoms with Crippen LogP contribution < -0.4 is 21.5 Å². The predicted molar refractivity (Wildman–Crippen MR) is 141 cm³/mol. The zero-order valence-corrected chi connectivity index (χ0v) is 20.8. The topological polar surface area (TPSA) is 143 Å². The van der Waals surface area contributed by atoms with Gasteiger partial charge in [-0.15, -0.1) is 0 Å². The number of hydrogen-bond donors (Lipinski definition) is 3. The van der Waals surface area contributed by atoms with Gasteiger partial charge in [0.05, 0.1) is 17.8 Å². The van der Waals surface area contributed by atoms with Crippen molar-refractivity contribution in [1.29, 1.82) is 0 Å². The molecule has 4 rings (SSSR count). The van der Waals surface area contributed by atoms with Gasteiger partial charge in [-0.1, -0.05) is 41.9 Å². The van der Waals surface area contributed by atoms with Crippen LogP contribution in [0.15, 0.2) is 65.6 Å². The number of carbonyl (C=O) groups is 2. The molecule has 0 saturated carbocycles. The van der Waals surface area contributed by atoms with Gasteiger partial charge in [-0.3, -0.25) is 19.4 Å². The van der Waals surface area contributed by atoms with Crippen LogP contribution in [0, 0.1) is 0 Å². The maximum atomic E-state index is 12.9. The number of rotatable bonds is 9. The third kappa shape index (κ3) is 6.29. The largest absolute Gasteiger partial charge is 0.467 e. The summed E-state index contributed by atoms with van der Waals surface area (Å²) in [4.78, 5) is 48.8. The van der Waals surface area contributed by atoms with Gasteiger partial charge in [0.2, 0.25) is 0 Å². The van der Waals surface area contributed by atoms with E-state index in [-0.39, 0.29) is 33.5 Å². The summed E-state index contributed by atoms with van der Waals surface area (Å²) in [5.41, 5.74) is 1.04. The van der Waals surface area contributed by atoms with E-state index in [0.29, 0.717) is 11.9 Å². The van der Waals surface area contributed by atoms with Gasteiger partial charge in [-0.25, -0.2) is 10.8 Å². The highest BCUT2D eigenvalue weighted by atomic mass is 35.5. The summed E-state index contributed by atoms with van der Waals surface area (Å²) in [6, 6.07) is 16.0. The number of fused-ring (bicyclic) bond motifs is 1. The third-order valence-electron chi connectivity index (χ3n) is 5.68. The smallest absolute Gasteiger partial charge is 0.318 e. The van der Waals surface area contributed by atoms with Crippen LogP contribution in [0.3, 0.4) is 0 Å².